The SMILES string of the molecule is CCNC(=O)NC(=O)C(C)OC(=O)COc1ccc(CC)cc1. The third-order valence-electron chi connectivity index (χ3n) is 2.94. The molecule has 0 fully saturated rings. The fourth-order valence-electron chi connectivity index (χ4n) is 1.67. The van der Waals surface area contributed by atoms with E-state index in [2.05, 4.69) is 10.6 Å². The lowest BCUT2D eigenvalue weighted by atomic mass is 10.2. The third kappa shape index (κ3) is 6.82. The Balaban J connectivity index is 2.37. The van der Waals surface area contributed by atoms with Crippen LogP contribution in [0.2, 0.25) is 0 Å². The fourth-order valence-corrected chi connectivity index (χ4v) is 1.67. The van der Waals surface area contributed by atoms with Gasteiger partial charge in [0.2, 0.25) is 0 Å². The van der Waals surface area contributed by atoms with E-state index in [0.29, 0.717) is 12.3 Å². The summed E-state index contributed by atoms with van der Waals surface area (Å²) in [6.45, 7) is 5.21. The number of ether oxygens (including phenoxy) is 2. The highest BCUT2D eigenvalue weighted by atomic mass is 16.6. The number of carbonyl (C=O) groups is 3. The average molecular weight is 322 g/mol. The van der Waals surface area contributed by atoms with E-state index in [1.165, 1.54) is 6.92 Å². The monoisotopic (exact) mass is 322 g/mol. The summed E-state index contributed by atoms with van der Waals surface area (Å²) in [6.07, 6.45) is -0.170. The summed E-state index contributed by atoms with van der Waals surface area (Å²) in [5, 5.41) is 4.47. The molecule has 0 aliphatic heterocycles. The molecule has 1 aromatic carbocycles. The first-order valence-corrected chi connectivity index (χ1v) is 7.46. The van der Waals surface area contributed by atoms with E-state index in [9.17, 15) is 14.4 Å². The Morgan fingerprint density at radius 3 is 2.35 bits per heavy atom. The van der Waals surface area contributed by atoms with Crippen LogP contribution in [-0.2, 0) is 20.7 Å². The Kier molecular flexibility index (Phi) is 7.59. The largest absolute Gasteiger partial charge is 0.482 e. The number of carbonyl (C=O) groups excluding carboxylic acids is 3. The average Bonchev–Trinajstić information content (AvgIpc) is 2.53. The van der Waals surface area contributed by atoms with Gasteiger partial charge < -0.3 is 14.8 Å². The molecule has 1 rings (SSSR count). The first kappa shape index (κ1) is 18.5. The molecule has 126 valence electrons. The van der Waals surface area contributed by atoms with Crippen molar-refractivity contribution in [3.05, 3.63) is 29.8 Å². The van der Waals surface area contributed by atoms with Gasteiger partial charge in [-0.05, 0) is 38.0 Å². The molecule has 2 N–H and O–H groups in total. The van der Waals surface area contributed by atoms with Gasteiger partial charge in [-0.25, -0.2) is 9.59 Å². The Bertz CT molecular complexity index is 542. The number of benzene rings is 1. The molecule has 0 radical (unpaired) electrons. The number of amides is 3. The number of esters is 1. The molecular formula is C16H22N2O5. The van der Waals surface area contributed by atoms with Crippen LogP contribution in [-0.4, -0.2) is 37.2 Å². The Morgan fingerprint density at radius 2 is 1.78 bits per heavy atom. The third-order valence-corrected chi connectivity index (χ3v) is 2.94. The van der Waals surface area contributed by atoms with Crippen LogP contribution in [0.15, 0.2) is 24.3 Å². The van der Waals surface area contributed by atoms with Crippen molar-refractivity contribution in [3.63, 3.8) is 0 Å². The Labute approximate surface area is 135 Å². The quantitative estimate of drug-likeness (QED) is 0.740. The zero-order valence-electron chi connectivity index (χ0n) is 13.5. The van der Waals surface area contributed by atoms with E-state index in [4.69, 9.17) is 9.47 Å². The molecule has 7 nitrogen and oxygen atoms in total. The van der Waals surface area contributed by atoms with E-state index in [-0.39, 0.29) is 6.61 Å². The summed E-state index contributed by atoms with van der Waals surface area (Å²) in [5.74, 6) is -0.849. The van der Waals surface area contributed by atoms with Gasteiger partial charge >= 0.3 is 12.0 Å². The summed E-state index contributed by atoms with van der Waals surface area (Å²) in [7, 11) is 0. The molecule has 7 heteroatoms. The van der Waals surface area contributed by atoms with Crippen LogP contribution in [0.3, 0.4) is 0 Å². The van der Waals surface area contributed by atoms with Crippen LogP contribution in [0.5, 0.6) is 5.75 Å². The molecule has 1 unspecified atom stereocenters. The topological polar surface area (TPSA) is 93.7 Å². The van der Waals surface area contributed by atoms with Crippen molar-refractivity contribution in [1.82, 2.24) is 10.6 Å². The van der Waals surface area contributed by atoms with Crippen LogP contribution in [0, 0.1) is 0 Å². The van der Waals surface area contributed by atoms with E-state index >= 15 is 0 Å². The zero-order valence-corrected chi connectivity index (χ0v) is 13.5. The predicted octanol–water partition coefficient (Wildman–Crippen LogP) is 1.41. The molecule has 0 aliphatic rings. The Hall–Kier alpha value is -2.57. The number of nitrogens with one attached hydrogen (secondary N) is 2. The highest BCUT2D eigenvalue weighted by Gasteiger charge is 2.19. The number of rotatable bonds is 7. The van der Waals surface area contributed by atoms with Crippen LogP contribution in [0.25, 0.3) is 0 Å². The number of hydrogen-bond donors (Lipinski definition) is 2. The minimum Gasteiger partial charge on any atom is -0.482 e. The molecule has 3 amide bonds. The molecule has 0 saturated carbocycles. The van der Waals surface area contributed by atoms with Gasteiger partial charge in [-0.2, -0.15) is 0 Å². The molecule has 1 aromatic rings. The van der Waals surface area contributed by atoms with Crippen molar-refractivity contribution < 1.29 is 23.9 Å². The van der Waals surface area contributed by atoms with Crippen LogP contribution >= 0.6 is 0 Å². The van der Waals surface area contributed by atoms with Crippen molar-refractivity contribution in [2.24, 2.45) is 0 Å². The summed E-state index contributed by atoms with van der Waals surface area (Å²) >= 11 is 0. The molecule has 0 bridgehead atoms. The maximum absolute atomic E-state index is 11.6. The molecule has 0 spiro atoms. The maximum atomic E-state index is 11.6. The standard InChI is InChI=1S/C16H22N2O5/c1-4-12-6-8-13(9-7-12)22-10-14(19)23-11(3)15(20)18-16(21)17-5-2/h6-9,11H,4-5,10H2,1-3H3,(H2,17,18,20,21). The van der Waals surface area contributed by atoms with E-state index in [0.717, 1.165) is 12.0 Å². The highest BCUT2D eigenvalue weighted by Crippen LogP contribution is 2.12. The second-order valence-electron chi connectivity index (χ2n) is 4.77. The van der Waals surface area contributed by atoms with Crippen molar-refractivity contribution in [1.29, 1.82) is 0 Å². The van der Waals surface area contributed by atoms with Gasteiger partial charge in [0.05, 0.1) is 0 Å². The van der Waals surface area contributed by atoms with Crippen LogP contribution in [0.1, 0.15) is 26.3 Å². The molecule has 0 aliphatic carbocycles. The van der Waals surface area contributed by atoms with Gasteiger partial charge in [-0.15, -0.1) is 0 Å². The molecule has 23 heavy (non-hydrogen) atoms. The number of urea groups is 1. The molecule has 1 atom stereocenters. The van der Waals surface area contributed by atoms with Crippen LogP contribution in [0.4, 0.5) is 4.79 Å². The lowest BCUT2D eigenvalue weighted by Gasteiger charge is -2.13. The first-order chi connectivity index (χ1) is 11.0. The van der Waals surface area contributed by atoms with Gasteiger partial charge in [0.1, 0.15) is 5.75 Å². The summed E-state index contributed by atoms with van der Waals surface area (Å²) < 4.78 is 10.2. The van der Waals surface area contributed by atoms with Gasteiger partial charge in [0.25, 0.3) is 5.91 Å². The zero-order chi connectivity index (χ0) is 17.2. The van der Waals surface area contributed by atoms with Gasteiger partial charge in [-0.3, -0.25) is 10.1 Å². The molecule has 0 heterocycles. The smallest absolute Gasteiger partial charge is 0.344 e. The number of hydrogen-bond acceptors (Lipinski definition) is 5. The van der Waals surface area contributed by atoms with Gasteiger partial charge in [0.15, 0.2) is 12.7 Å². The van der Waals surface area contributed by atoms with Crippen molar-refractivity contribution >= 4 is 17.9 Å². The summed E-state index contributed by atoms with van der Waals surface area (Å²) in [5.41, 5.74) is 1.16. The molecule has 0 saturated heterocycles. The Morgan fingerprint density at radius 1 is 1.13 bits per heavy atom. The summed E-state index contributed by atoms with van der Waals surface area (Å²) in [6, 6.07) is 6.70. The fraction of sp³-hybridized carbons (Fsp3) is 0.438. The lowest BCUT2D eigenvalue weighted by molar-refractivity contribution is -0.156. The van der Waals surface area contributed by atoms with Crippen molar-refractivity contribution in [2.75, 3.05) is 13.2 Å². The predicted molar refractivity (Wildman–Crippen MR) is 84.1 cm³/mol. The highest BCUT2D eigenvalue weighted by molar-refractivity contribution is 5.97. The number of imide groups is 1. The lowest BCUT2D eigenvalue weighted by Crippen LogP contribution is -2.44. The minimum atomic E-state index is -1.09. The second-order valence-corrected chi connectivity index (χ2v) is 4.77. The van der Waals surface area contributed by atoms with Gasteiger partial charge in [0, 0.05) is 6.54 Å². The van der Waals surface area contributed by atoms with E-state index < -0.39 is 24.0 Å². The van der Waals surface area contributed by atoms with E-state index in [1.807, 2.05) is 19.1 Å². The second kappa shape index (κ2) is 9.45. The van der Waals surface area contributed by atoms with Crippen molar-refractivity contribution in [3.8, 4) is 5.75 Å². The maximum Gasteiger partial charge on any atom is 0.344 e. The summed E-state index contributed by atoms with van der Waals surface area (Å²) in [4.78, 5) is 34.5. The van der Waals surface area contributed by atoms with Crippen LogP contribution < -0.4 is 15.4 Å². The molecule has 0 aromatic heterocycles. The van der Waals surface area contributed by atoms with Gasteiger partial charge in [-0.1, -0.05) is 19.1 Å². The van der Waals surface area contributed by atoms with Crippen molar-refractivity contribution in [2.45, 2.75) is 33.3 Å². The molecular weight excluding hydrogens is 300 g/mol. The number of aryl methyl sites for hydroxylation is 1. The minimum absolute atomic E-state index is 0.315. The first-order valence-electron chi connectivity index (χ1n) is 7.46. The van der Waals surface area contributed by atoms with E-state index in [1.54, 1.807) is 19.1 Å². The normalized spacial score (nSPS) is 11.3.